The summed E-state index contributed by atoms with van der Waals surface area (Å²) in [5.41, 5.74) is 7.88. The van der Waals surface area contributed by atoms with Gasteiger partial charge in [0.1, 0.15) is 5.82 Å². The molecular formula is C13H13BrFN3O2S. The molecule has 8 heteroatoms. The topological polar surface area (TPSA) is 82.9 Å². The van der Waals surface area contributed by atoms with Gasteiger partial charge in [-0.25, -0.2) is 4.39 Å². The monoisotopic (exact) mass is 373 g/mol. The molecule has 1 unspecified atom stereocenters. The summed E-state index contributed by atoms with van der Waals surface area (Å²) in [4.78, 5) is 26.1. The molecular weight excluding hydrogens is 361 g/mol. The molecule has 0 N–H and O–H groups in total. The van der Waals surface area contributed by atoms with Crippen molar-refractivity contribution in [1.29, 1.82) is 0 Å². The van der Waals surface area contributed by atoms with Crippen molar-refractivity contribution in [2.75, 3.05) is 0 Å². The summed E-state index contributed by atoms with van der Waals surface area (Å²) in [5.74, 6) is -1.56. The molecule has 0 aliphatic heterocycles. The number of carbonyl (C=O) groups is 2. The largest absolute Gasteiger partial charge is 0.287 e. The fourth-order valence-electron chi connectivity index (χ4n) is 1.46. The van der Waals surface area contributed by atoms with Gasteiger partial charge in [-0.1, -0.05) is 32.0 Å². The van der Waals surface area contributed by atoms with Crippen LogP contribution in [-0.4, -0.2) is 11.0 Å². The van der Waals surface area contributed by atoms with Crippen LogP contribution in [0.15, 0.2) is 26.6 Å². The Morgan fingerprint density at radius 2 is 2.19 bits per heavy atom. The van der Waals surface area contributed by atoms with Crippen LogP contribution in [0.1, 0.15) is 37.0 Å². The highest BCUT2D eigenvalue weighted by molar-refractivity contribution is 9.10. The molecule has 0 aromatic heterocycles. The Kier molecular flexibility index (Phi) is 6.87. The van der Waals surface area contributed by atoms with Crippen molar-refractivity contribution in [1.82, 2.24) is 0 Å². The Bertz CT molecular complexity index is 618. The van der Waals surface area contributed by atoms with Crippen molar-refractivity contribution in [3.63, 3.8) is 0 Å². The van der Waals surface area contributed by atoms with Crippen LogP contribution in [0.5, 0.6) is 0 Å². The van der Waals surface area contributed by atoms with E-state index in [0.29, 0.717) is 15.8 Å². The van der Waals surface area contributed by atoms with E-state index in [2.05, 4.69) is 26.0 Å². The highest BCUT2D eigenvalue weighted by Gasteiger charge is 2.17. The minimum absolute atomic E-state index is 0.0705. The van der Waals surface area contributed by atoms with Gasteiger partial charge in [0.05, 0.1) is 5.56 Å². The number of hydrogen-bond acceptors (Lipinski definition) is 3. The number of carbonyl (C=O) groups excluding carboxylic acids is 2. The Hall–Kier alpha value is -1.37. The van der Waals surface area contributed by atoms with Crippen LogP contribution < -0.4 is 0 Å². The summed E-state index contributed by atoms with van der Waals surface area (Å²) >= 11 is 4.09. The number of halogens is 2. The lowest BCUT2D eigenvalue weighted by atomic mass is 10.1. The molecule has 5 nitrogen and oxygen atoms in total. The molecule has 112 valence electrons. The van der Waals surface area contributed by atoms with Gasteiger partial charge in [0.25, 0.3) is 5.91 Å². The number of benzene rings is 1. The Morgan fingerprint density at radius 1 is 1.52 bits per heavy atom. The lowest BCUT2D eigenvalue weighted by Crippen LogP contribution is -2.02. The average Bonchev–Trinajstić information content (AvgIpc) is 2.41. The van der Waals surface area contributed by atoms with Crippen LogP contribution in [-0.2, 0) is 4.79 Å². The lowest BCUT2D eigenvalue weighted by Gasteiger charge is -2.09. The van der Waals surface area contributed by atoms with E-state index in [4.69, 9.17) is 5.53 Å². The number of hydrogen-bond donors (Lipinski definition) is 0. The molecule has 0 heterocycles. The highest BCUT2D eigenvalue weighted by atomic mass is 79.9. The quantitative estimate of drug-likeness (QED) is 0.311. The van der Waals surface area contributed by atoms with E-state index in [-0.39, 0.29) is 16.6 Å². The zero-order valence-electron chi connectivity index (χ0n) is 11.5. The third kappa shape index (κ3) is 5.15. The van der Waals surface area contributed by atoms with Gasteiger partial charge in [-0.3, -0.25) is 9.59 Å². The number of amides is 1. The van der Waals surface area contributed by atoms with E-state index in [9.17, 15) is 14.0 Å². The minimum atomic E-state index is -1.02. The Balaban J connectivity index is 3.02. The summed E-state index contributed by atoms with van der Waals surface area (Å²) < 4.78 is 14.1. The van der Waals surface area contributed by atoms with Crippen LogP contribution >= 0.6 is 27.7 Å². The fraction of sp³-hybridized carbons (Fsp3) is 0.385. The van der Waals surface area contributed by atoms with Crippen molar-refractivity contribution in [2.45, 2.75) is 31.6 Å². The maximum absolute atomic E-state index is 13.7. The van der Waals surface area contributed by atoms with E-state index < -0.39 is 11.7 Å². The number of nitrogens with zero attached hydrogens (tertiary/aromatic N) is 3. The molecule has 0 saturated heterocycles. The lowest BCUT2D eigenvalue weighted by molar-refractivity contribution is -0.111. The molecule has 1 rings (SSSR count). The summed E-state index contributed by atoms with van der Waals surface area (Å²) in [6.07, 6.45) is 1.28. The van der Waals surface area contributed by atoms with Crippen LogP contribution in [0, 0.1) is 11.7 Å². The summed E-state index contributed by atoms with van der Waals surface area (Å²) in [5, 5.41) is 2.79. The molecule has 1 atom stereocenters. The molecule has 1 amide bonds. The smallest absolute Gasteiger partial charge is 0.252 e. The van der Waals surface area contributed by atoms with E-state index in [1.54, 1.807) is 0 Å². The minimum Gasteiger partial charge on any atom is -0.287 e. The first kappa shape index (κ1) is 17.7. The predicted molar refractivity (Wildman–Crippen MR) is 82.5 cm³/mol. The normalized spacial score (nSPS) is 11.6. The molecule has 0 radical (unpaired) electrons. The first-order chi connectivity index (χ1) is 9.88. The number of azide groups is 1. The Labute approximate surface area is 134 Å². The van der Waals surface area contributed by atoms with Gasteiger partial charge in [-0.15, -0.1) is 0 Å². The molecule has 0 aliphatic carbocycles. The second kappa shape index (κ2) is 8.17. The van der Waals surface area contributed by atoms with Crippen molar-refractivity contribution in [2.24, 2.45) is 11.0 Å². The van der Waals surface area contributed by atoms with Gasteiger partial charge in [-0.2, -0.15) is 0 Å². The average molecular weight is 374 g/mol. The van der Waals surface area contributed by atoms with Crippen molar-refractivity contribution in [3.05, 3.63) is 38.4 Å². The fourth-order valence-corrected chi connectivity index (χ4v) is 2.96. The van der Waals surface area contributed by atoms with Gasteiger partial charge < -0.3 is 0 Å². The van der Waals surface area contributed by atoms with E-state index in [1.165, 1.54) is 6.07 Å². The molecule has 1 aromatic rings. The zero-order valence-corrected chi connectivity index (χ0v) is 13.9. The molecule has 21 heavy (non-hydrogen) atoms. The first-order valence-corrected chi connectivity index (χ1v) is 7.79. The van der Waals surface area contributed by atoms with Crippen molar-refractivity contribution < 1.29 is 14.0 Å². The van der Waals surface area contributed by atoms with Gasteiger partial charge in [-0.05, 0) is 44.6 Å². The summed E-state index contributed by atoms with van der Waals surface area (Å²) in [6, 6.07) is 2.30. The molecule has 0 fully saturated rings. The van der Waals surface area contributed by atoms with E-state index in [1.807, 2.05) is 13.8 Å². The van der Waals surface area contributed by atoms with Crippen LogP contribution in [0.2, 0.25) is 0 Å². The standard InChI is InChI=1S/C13H13BrFN3O2S/c1-3-7(2)4-12(19)21-11-5-8(13(20)17-18-16)10(15)6-9(11)14/h5-7H,3-4H2,1-2H3. The third-order valence-electron chi connectivity index (χ3n) is 2.82. The van der Waals surface area contributed by atoms with Gasteiger partial charge in [0, 0.05) is 20.7 Å². The van der Waals surface area contributed by atoms with Crippen LogP contribution in [0.4, 0.5) is 4.39 Å². The second-order valence-corrected chi connectivity index (χ2v) is 6.40. The van der Waals surface area contributed by atoms with Crippen molar-refractivity contribution in [3.8, 4) is 0 Å². The maximum Gasteiger partial charge on any atom is 0.252 e. The predicted octanol–water partition coefficient (Wildman–Crippen LogP) is 5.09. The third-order valence-corrected chi connectivity index (χ3v) is 4.69. The first-order valence-electron chi connectivity index (χ1n) is 6.18. The molecule has 0 saturated carbocycles. The van der Waals surface area contributed by atoms with Gasteiger partial charge in [0.15, 0.2) is 5.12 Å². The molecule has 0 spiro atoms. The summed E-state index contributed by atoms with van der Waals surface area (Å²) in [7, 11) is 0. The van der Waals surface area contributed by atoms with Gasteiger partial charge in [0.2, 0.25) is 0 Å². The Morgan fingerprint density at radius 3 is 2.76 bits per heavy atom. The van der Waals surface area contributed by atoms with Gasteiger partial charge >= 0.3 is 0 Å². The number of thioether (sulfide) groups is 1. The molecule has 0 bridgehead atoms. The van der Waals surface area contributed by atoms with Crippen LogP contribution in [0.3, 0.4) is 0 Å². The highest BCUT2D eigenvalue weighted by Crippen LogP contribution is 2.32. The zero-order chi connectivity index (χ0) is 16.0. The summed E-state index contributed by atoms with van der Waals surface area (Å²) in [6.45, 7) is 3.96. The SMILES string of the molecule is CCC(C)CC(=O)Sc1cc(C(=O)N=[N+]=[N-])c(F)cc1Br. The second-order valence-electron chi connectivity index (χ2n) is 4.45. The van der Waals surface area contributed by atoms with Crippen LogP contribution in [0.25, 0.3) is 10.4 Å². The maximum atomic E-state index is 13.7. The van der Waals surface area contributed by atoms with E-state index >= 15 is 0 Å². The van der Waals surface area contributed by atoms with E-state index in [0.717, 1.165) is 24.2 Å². The molecule has 1 aromatic carbocycles. The number of rotatable bonds is 5. The molecule has 0 aliphatic rings. The van der Waals surface area contributed by atoms with Crippen molar-refractivity contribution >= 4 is 38.7 Å².